The van der Waals surface area contributed by atoms with Crippen LogP contribution in [-0.2, 0) is 19.1 Å². The zero-order valence-corrected chi connectivity index (χ0v) is 15.2. The van der Waals surface area contributed by atoms with Gasteiger partial charge in [-0.25, -0.2) is 9.59 Å². The van der Waals surface area contributed by atoms with Crippen molar-refractivity contribution in [2.75, 3.05) is 11.5 Å². The zero-order chi connectivity index (χ0) is 20.1. The molecule has 2 aliphatic rings. The quantitative estimate of drug-likeness (QED) is 0.579. The van der Waals surface area contributed by atoms with Gasteiger partial charge in [-0.3, -0.25) is 24.6 Å². The van der Waals surface area contributed by atoms with Crippen LogP contribution in [0.4, 0.5) is 10.5 Å². The standard InChI is InChI=1S/C19H21N3O6/c23-15(21-19(27)20-13-5-1-2-6-13)11-28-18(26)12-4-3-7-14(10-12)22-16(24)8-9-17(22)25/h3-4,7,10,13H,1-2,5-6,8-9,11H2,(H2,20,21,23,27). The Labute approximate surface area is 161 Å². The molecule has 1 aromatic rings. The summed E-state index contributed by atoms with van der Waals surface area (Å²) in [5.74, 6) is -2.21. The van der Waals surface area contributed by atoms with Gasteiger partial charge < -0.3 is 10.1 Å². The molecule has 2 N–H and O–H groups in total. The van der Waals surface area contributed by atoms with Crippen molar-refractivity contribution in [1.29, 1.82) is 0 Å². The van der Waals surface area contributed by atoms with Crippen LogP contribution in [0.15, 0.2) is 24.3 Å². The van der Waals surface area contributed by atoms with E-state index in [2.05, 4.69) is 10.6 Å². The summed E-state index contributed by atoms with van der Waals surface area (Å²) in [7, 11) is 0. The molecular formula is C19H21N3O6. The fourth-order valence-corrected chi connectivity index (χ4v) is 3.31. The van der Waals surface area contributed by atoms with Crippen molar-refractivity contribution in [3.05, 3.63) is 29.8 Å². The van der Waals surface area contributed by atoms with Crippen molar-refractivity contribution in [3.8, 4) is 0 Å². The topological polar surface area (TPSA) is 122 Å². The predicted octanol–water partition coefficient (Wildman–Crippen LogP) is 1.27. The zero-order valence-electron chi connectivity index (χ0n) is 15.2. The molecule has 1 aliphatic carbocycles. The molecule has 1 aromatic carbocycles. The fraction of sp³-hybridized carbons (Fsp3) is 0.421. The summed E-state index contributed by atoms with van der Waals surface area (Å²) in [4.78, 5) is 60.3. The van der Waals surface area contributed by atoms with E-state index in [1.54, 1.807) is 0 Å². The Hall–Kier alpha value is -3.23. The lowest BCUT2D eigenvalue weighted by molar-refractivity contribution is -0.123. The SMILES string of the molecule is O=C(COC(=O)c1cccc(N2C(=O)CCC2=O)c1)NC(=O)NC1CCCC1. The van der Waals surface area contributed by atoms with Crippen LogP contribution in [0.2, 0.25) is 0 Å². The van der Waals surface area contributed by atoms with E-state index in [0.717, 1.165) is 30.6 Å². The van der Waals surface area contributed by atoms with Gasteiger partial charge in [0.1, 0.15) is 0 Å². The second-order valence-electron chi connectivity index (χ2n) is 6.75. The number of ether oxygens (including phenoxy) is 1. The number of benzene rings is 1. The Morgan fingerprint density at radius 2 is 1.75 bits per heavy atom. The van der Waals surface area contributed by atoms with Crippen LogP contribution in [-0.4, -0.2) is 42.4 Å². The lowest BCUT2D eigenvalue weighted by Gasteiger charge is -2.14. The number of urea groups is 1. The third-order valence-corrected chi connectivity index (χ3v) is 4.67. The lowest BCUT2D eigenvalue weighted by atomic mass is 10.2. The molecule has 1 heterocycles. The maximum Gasteiger partial charge on any atom is 0.338 e. The van der Waals surface area contributed by atoms with Crippen molar-refractivity contribution in [2.24, 2.45) is 0 Å². The third-order valence-electron chi connectivity index (χ3n) is 4.67. The van der Waals surface area contributed by atoms with Gasteiger partial charge in [-0.05, 0) is 31.0 Å². The fourth-order valence-electron chi connectivity index (χ4n) is 3.31. The summed E-state index contributed by atoms with van der Waals surface area (Å²) in [6.45, 7) is -0.622. The normalized spacial score (nSPS) is 16.9. The van der Waals surface area contributed by atoms with E-state index in [4.69, 9.17) is 4.74 Å². The van der Waals surface area contributed by atoms with E-state index in [9.17, 15) is 24.0 Å². The molecule has 0 spiro atoms. The van der Waals surface area contributed by atoms with Crippen molar-refractivity contribution >= 4 is 35.4 Å². The van der Waals surface area contributed by atoms with Gasteiger partial charge in [-0.15, -0.1) is 0 Å². The number of amides is 5. The highest BCUT2D eigenvalue weighted by atomic mass is 16.5. The number of anilines is 1. The van der Waals surface area contributed by atoms with Crippen molar-refractivity contribution < 1.29 is 28.7 Å². The molecule has 9 nitrogen and oxygen atoms in total. The number of imide groups is 2. The van der Waals surface area contributed by atoms with Crippen molar-refractivity contribution in [1.82, 2.24) is 10.6 Å². The largest absolute Gasteiger partial charge is 0.452 e. The molecule has 0 radical (unpaired) electrons. The number of carbonyl (C=O) groups excluding carboxylic acids is 5. The number of nitrogens with one attached hydrogen (secondary N) is 2. The molecule has 148 valence electrons. The number of hydrogen-bond donors (Lipinski definition) is 2. The first-order valence-corrected chi connectivity index (χ1v) is 9.17. The van der Waals surface area contributed by atoms with Crippen LogP contribution >= 0.6 is 0 Å². The van der Waals surface area contributed by atoms with Gasteiger partial charge in [-0.1, -0.05) is 18.9 Å². The van der Waals surface area contributed by atoms with Gasteiger partial charge in [0.25, 0.3) is 5.91 Å². The molecule has 0 unspecified atom stereocenters. The Morgan fingerprint density at radius 1 is 1.07 bits per heavy atom. The molecule has 9 heteroatoms. The number of hydrogen-bond acceptors (Lipinski definition) is 6. The molecule has 0 bridgehead atoms. The third kappa shape index (κ3) is 4.73. The average Bonchev–Trinajstić information content (AvgIpc) is 3.29. The highest BCUT2D eigenvalue weighted by Crippen LogP contribution is 2.23. The molecule has 1 aliphatic heterocycles. The lowest BCUT2D eigenvalue weighted by Crippen LogP contribution is -2.45. The van der Waals surface area contributed by atoms with Gasteiger partial charge in [0.15, 0.2) is 6.61 Å². The summed E-state index contributed by atoms with van der Waals surface area (Å²) in [5.41, 5.74) is 0.371. The molecule has 3 rings (SSSR count). The van der Waals surface area contributed by atoms with Crippen LogP contribution in [0.1, 0.15) is 48.9 Å². The maximum absolute atomic E-state index is 12.2. The molecular weight excluding hydrogens is 366 g/mol. The van der Waals surface area contributed by atoms with Gasteiger partial charge >= 0.3 is 12.0 Å². The second-order valence-corrected chi connectivity index (χ2v) is 6.75. The molecule has 1 saturated heterocycles. The van der Waals surface area contributed by atoms with Gasteiger partial charge in [0.2, 0.25) is 11.8 Å². The van der Waals surface area contributed by atoms with Crippen molar-refractivity contribution in [3.63, 3.8) is 0 Å². The van der Waals surface area contributed by atoms with Gasteiger partial charge in [0, 0.05) is 18.9 Å². The second kappa shape index (κ2) is 8.64. The highest BCUT2D eigenvalue weighted by molar-refractivity contribution is 6.20. The van der Waals surface area contributed by atoms with E-state index in [0.29, 0.717) is 0 Å². The Bertz CT molecular complexity index is 800. The minimum absolute atomic E-state index is 0.0640. The first kappa shape index (κ1) is 19.5. The van der Waals surface area contributed by atoms with E-state index in [1.807, 2.05) is 0 Å². The minimum atomic E-state index is -0.799. The number of esters is 1. The Balaban J connectivity index is 1.51. The first-order chi connectivity index (χ1) is 13.4. The molecule has 5 amide bonds. The number of rotatable bonds is 5. The van der Waals surface area contributed by atoms with E-state index in [1.165, 1.54) is 24.3 Å². The van der Waals surface area contributed by atoms with Crippen LogP contribution < -0.4 is 15.5 Å². The van der Waals surface area contributed by atoms with Crippen LogP contribution in [0.3, 0.4) is 0 Å². The number of nitrogens with zero attached hydrogens (tertiary/aromatic N) is 1. The van der Waals surface area contributed by atoms with E-state index < -0.39 is 24.5 Å². The van der Waals surface area contributed by atoms with Crippen LogP contribution in [0.5, 0.6) is 0 Å². The molecule has 1 saturated carbocycles. The van der Waals surface area contributed by atoms with Crippen LogP contribution in [0.25, 0.3) is 0 Å². The average molecular weight is 387 g/mol. The Kier molecular flexibility index (Phi) is 6.03. The Morgan fingerprint density at radius 3 is 2.43 bits per heavy atom. The number of carbonyl (C=O) groups is 5. The monoisotopic (exact) mass is 387 g/mol. The van der Waals surface area contributed by atoms with E-state index in [-0.39, 0.29) is 41.9 Å². The smallest absolute Gasteiger partial charge is 0.338 e. The molecule has 28 heavy (non-hydrogen) atoms. The summed E-state index contributed by atoms with van der Waals surface area (Å²) in [6.07, 6.45) is 4.13. The van der Waals surface area contributed by atoms with Gasteiger partial charge in [-0.2, -0.15) is 0 Å². The maximum atomic E-state index is 12.2. The highest BCUT2D eigenvalue weighted by Gasteiger charge is 2.30. The summed E-state index contributed by atoms with van der Waals surface area (Å²) < 4.78 is 4.91. The molecule has 2 fully saturated rings. The predicted molar refractivity (Wildman–Crippen MR) is 97.4 cm³/mol. The summed E-state index contributed by atoms with van der Waals surface area (Å²) in [6, 6.07) is 5.31. The molecule has 0 aromatic heterocycles. The van der Waals surface area contributed by atoms with Crippen LogP contribution in [0, 0.1) is 0 Å². The van der Waals surface area contributed by atoms with Gasteiger partial charge in [0.05, 0.1) is 11.3 Å². The van der Waals surface area contributed by atoms with E-state index >= 15 is 0 Å². The summed E-state index contributed by atoms with van der Waals surface area (Å²) in [5, 5.41) is 4.81. The van der Waals surface area contributed by atoms with Crippen molar-refractivity contribution in [2.45, 2.75) is 44.6 Å². The molecule has 0 atom stereocenters. The first-order valence-electron chi connectivity index (χ1n) is 9.17. The summed E-state index contributed by atoms with van der Waals surface area (Å²) >= 11 is 0. The minimum Gasteiger partial charge on any atom is -0.452 e.